The summed E-state index contributed by atoms with van der Waals surface area (Å²) in [6.07, 6.45) is 0. The van der Waals surface area contributed by atoms with Crippen molar-refractivity contribution in [3.05, 3.63) is 194 Å². The number of rotatable bonds is 6. The second kappa shape index (κ2) is 11.9. The van der Waals surface area contributed by atoms with E-state index in [-0.39, 0.29) is 0 Å². The quantitative estimate of drug-likeness (QED) is 0.178. The summed E-state index contributed by atoms with van der Waals surface area (Å²) >= 11 is 0. The molecule has 10 rings (SSSR count). The van der Waals surface area contributed by atoms with E-state index >= 15 is 0 Å². The zero-order chi connectivity index (χ0) is 33.7. The Morgan fingerprint density at radius 3 is 1.75 bits per heavy atom. The fourth-order valence-electron chi connectivity index (χ4n) is 7.61. The third kappa shape index (κ3) is 4.90. The van der Waals surface area contributed by atoms with Crippen LogP contribution in [0.3, 0.4) is 0 Å². The summed E-state index contributed by atoms with van der Waals surface area (Å²) < 4.78 is 9.08. The van der Waals surface area contributed by atoms with E-state index in [9.17, 15) is 0 Å². The fourth-order valence-corrected chi connectivity index (χ4v) is 7.61. The van der Waals surface area contributed by atoms with Crippen molar-refractivity contribution >= 4 is 60.8 Å². The number of benzene rings is 8. The molecule has 2 heterocycles. The van der Waals surface area contributed by atoms with E-state index in [0.717, 1.165) is 61.3 Å². The Morgan fingerprint density at radius 2 is 0.961 bits per heavy atom. The van der Waals surface area contributed by atoms with Crippen LogP contribution in [0.1, 0.15) is 0 Å². The van der Waals surface area contributed by atoms with Gasteiger partial charge in [0.1, 0.15) is 11.2 Å². The van der Waals surface area contributed by atoms with Crippen molar-refractivity contribution in [2.24, 2.45) is 0 Å². The Balaban J connectivity index is 1.22. The molecule has 0 saturated heterocycles. The largest absolute Gasteiger partial charge is 0.455 e. The van der Waals surface area contributed by atoms with Gasteiger partial charge in [0, 0.05) is 49.9 Å². The summed E-state index contributed by atoms with van der Waals surface area (Å²) in [7, 11) is 0. The Morgan fingerprint density at radius 1 is 0.373 bits per heavy atom. The van der Waals surface area contributed by atoms with Gasteiger partial charge in [-0.3, -0.25) is 0 Å². The summed E-state index contributed by atoms with van der Waals surface area (Å²) in [4.78, 5) is 2.35. The first-order chi connectivity index (χ1) is 25.3. The molecule has 3 heteroatoms. The van der Waals surface area contributed by atoms with Crippen molar-refractivity contribution in [3.8, 4) is 27.9 Å². The lowest BCUT2D eigenvalue weighted by atomic mass is 9.98. The number of hydrogen-bond acceptors (Lipinski definition) is 2. The number of aromatic nitrogens is 1. The van der Waals surface area contributed by atoms with Gasteiger partial charge in [-0.15, -0.1) is 0 Å². The second-order valence-corrected chi connectivity index (χ2v) is 13.0. The first-order valence-electron chi connectivity index (χ1n) is 17.4. The van der Waals surface area contributed by atoms with Gasteiger partial charge >= 0.3 is 0 Å². The van der Waals surface area contributed by atoms with E-state index in [1.54, 1.807) is 0 Å². The molecule has 3 nitrogen and oxygen atoms in total. The van der Waals surface area contributed by atoms with E-state index in [1.807, 2.05) is 6.07 Å². The van der Waals surface area contributed by atoms with Crippen molar-refractivity contribution in [2.45, 2.75) is 0 Å². The third-order valence-electron chi connectivity index (χ3n) is 9.97. The Bertz CT molecular complexity index is 2830. The molecule has 0 radical (unpaired) electrons. The molecule has 0 fully saturated rings. The number of anilines is 3. The van der Waals surface area contributed by atoms with Gasteiger partial charge in [-0.05, 0) is 83.4 Å². The van der Waals surface area contributed by atoms with Crippen molar-refractivity contribution in [1.29, 1.82) is 0 Å². The maximum absolute atomic E-state index is 6.71. The van der Waals surface area contributed by atoms with Crippen LogP contribution >= 0.6 is 0 Å². The molecule has 0 aliphatic heterocycles. The van der Waals surface area contributed by atoms with E-state index in [0.29, 0.717) is 0 Å². The van der Waals surface area contributed by atoms with Crippen molar-refractivity contribution in [2.75, 3.05) is 4.90 Å². The minimum absolute atomic E-state index is 0.879. The molecule has 51 heavy (non-hydrogen) atoms. The van der Waals surface area contributed by atoms with Gasteiger partial charge in [0.15, 0.2) is 0 Å². The van der Waals surface area contributed by atoms with Crippen LogP contribution in [0, 0.1) is 0 Å². The number of nitrogens with zero attached hydrogens (tertiary/aromatic N) is 2. The molecule has 0 saturated carbocycles. The van der Waals surface area contributed by atoms with E-state index < -0.39 is 0 Å². The van der Waals surface area contributed by atoms with Crippen LogP contribution in [0.25, 0.3) is 71.7 Å². The lowest BCUT2D eigenvalue weighted by molar-refractivity contribution is 0.670. The molecular weight excluding hydrogens is 621 g/mol. The van der Waals surface area contributed by atoms with Crippen LogP contribution in [-0.2, 0) is 0 Å². The summed E-state index contributed by atoms with van der Waals surface area (Å²) in [6, 6.07) is 69.1. The first-order valence-corrected chi connectivity index (χ1v) is 17.4. The van der Waals surface area contributed by atoms with Crippen LogP contribution in [-0.4, -0.2) is 4.57 Å². The van der Waals surface area contributed by atoms with Gasteiger partial charge in [-0.2, -0.15) is 0 Å². The van der Waals surface area contributed by atoms with Gasteiger partial charge in [-0.1, -0.05) is 127 Å². The summed E-state index contributed by atoms with van der Waals surface area (Å²) in [5.41, 5.74) is 13.0. The Kier molecular flexibility index (Phi) is 6.81. The Hall–Kier alpha value is -6.84. The van der Waals surface area contributed by atoms with Crippen LogP contribution in [0.4, 0.5) is 17.1 Å². The highest BCUT2D eigenvalue weighted by molar-refractivity contribution is 6.14. The second-order valence-electron chi connectivity index (χ2n) is 13.0. The zero-order valence-corrected chi connectivity index (χ0v) is 27.8. The normalized spacial score (nSPS) is 11.5. The highest BCUT2D eigenvalue weighted by atomic mass is 16.3. The highest BCUT2D eigenvalue weighted by Gasteiger charge is 2.21. The lowest BCUT2D eigenvalue weighted by Gasteiger charge is -2.26. The molecular formula is C48H32N2O. The predicted molar refractivity (Wildman–Crippen MR) is 214 cm³/mol. The summed E-state index contributed by atoms with van der Waals surface area (Å²) in [6.45, 7) is 0. The van der Waals surface area contributed by atoms with Crippen LogP contribution in [0.5, 0.6) is 0 Å². The molecule has 0 atom stereocenters. The minimum Gasteiger partial charge on any atom is -0.455 e. The van der Waals surface area contributed by atoms with Gasteiger partial charge in [0.25, 0.3) is 0 Å². The monoisotopic (exact) mass is 652 g/mol. The van der Waals surface area contributed by atoms with Gasteiger partial charge in [0.2, 0.25) is 0 Å². The van der Waals surface area contributed by atoms with Gasteiger partial charge < -0.3 is 13.9 Å². The standard InChI is InChI=1S/C48H32N2O/c1-4-14-33(15-5-1)34-24-27-38(28-25-34)49(36-16-6-2-7-17-36)39-31-43(48-44(32-39)42-21-11-13-23-47(42)51-48)35-26-29-41-40-20-10-12-22-45(40)50(46(41)30-35)37-18-8-3-9-19-37/h1-32H. The molecule has 0 spiro atoms. The van der Waals surface area contributed by atoms with E-state index in [4.69, 9.17) is 4.42 Å². The smallest absolute Gasteiger partial charge is 0.143 e. The zero-order valence-electron chi connectivity index (χ0n) is 27.8. The molecule has 0 N–H and O–H groups in total. The molecule has 0 aliphatic carbocycles. The predicted octanol–water partition coefficient (Wildman–Crippen LogP) is 13.5. The fraction of sp³-hybridized carbons (Fsp3) is 0. The summed E-state index contributed by atoms with van der Waals surface area (Å²) in [5.74, 6) is 0. The maximum Gasteiger partial charge on any atom is 0.143 e. The molecule has 0 bridgehead atoms. The number of hydrogen-bond donors (Lipinski definition) is 0. The molecule has 8 aromatic carbocycles. The number of para-hydroxylation sites is 4. The molecule has 0 amide bonds. The van der Waals surface area contributed by atoms with Crippen LogP contribution in [0.2, 0.25) is 0 Å². The lowest BCUT2D eigenvalue weighted by Crippen LogP contribution is -2.10. The summed E-state index contributed by atoms with van der Waals surface area (Å²) in [5, 5.41) is 4.64. The topological polar surface area (TPSA) is 21.3 Å². The van der Waals surface area contributed by atoms with E-state index in [1.165, 1.54) is 27.4 Å². The van der Waals surface area contributed by atoms with Gasteiger partial charge in [0.05, 0.1) is 11.0 Å². The van der Waals surface area contributed by atoms with Crippen LogP contribution in [0.15, 0.2) is 199 Å². The van der Waals surface area contributed by atoms with Crippen molar-refractivity contribution < 1.29 is 4.42 Å². The molecule has 0 unspecified atom stereocenters. The van der Waals surface area contributed by atoms with E-state index in [2.05, 4.69) is 198 Å². The molecule has 10 aromatic rings. The average molecular weight is 653 g/mol. The number of furan rings is 1. The minimum atomic E-state index is 0.879. The molecule has 240 valence electrons. The molecule has 2 aromatic heterocycles. The van der Waals surface area contributed by atoms with Crippen LogP contribution < -0.4 is 4.90 Å². The average Bonchev–Trinajstić information content (AvgIpc) is 3.75. The van der Waals surface area contributed by atoms with Crippen molar-refractivity contribution in [3.63, 3.8) is 0 Å². The third-order valence-corrected chi connectivity index (χ3v) is 9.97. The Labute approximate surface area is 295 Å². The number of fused-ring (bicyclic) bond motifs is 6. The van der Waals surface area contributed by atoms with Crippen molar-refractivity contribution in [1.82, 2.24) is 4.57 Å². The van der Waals surface area contributed by atoms with Gasteiger partial charge in [-0.25, -0.2) is 0 Å². The highest BCUT2D eigenvalue weighted by Crippen LogP contribution is 2.44. The SMILES string of the molecule is c1ccc(-c2ccc(N(c3ccccc3)c3cc(-c4ccc5c6ccccc6n(-c6ccccc6)c5c4)c4oc5ccccc5c4c3)cc2)cc1. The first kappa shape index (κ1) is 29.1. The molecule has 0 aliphatic rings. The maximum atomic E-state index is 6.71.